The zero-order valence-electron chi connectivity index (χ0n) is 6.20. The normalized spacial score (nSPS) is 13.1. The predicted molar refractivity (Wildman–Crippen MR) is 37.4 cm³/mol. The van der Waals surface area contributed by atoms with Gasteiger partial charge in [0.15, 0.2) is 0 Å². The van der Waals surface area contributed by atoms with Crippen molar-refractivity contribution in [1.29, 1.82) is 0 Å². The molecule has 0 saturated heterocycles. The van der Waals surface area contributed by atoms with Gasteiger partial charge in [0.05, 0.1) is 6.04 Å². The van der Waals surface area contributed by atoms with E-state index in [2.05, 4.69) is 0 Å². The molecule has 0 aromatic rings. The van der Waals surface area contributed by atoms with Crippen molar-refractivity contribution in [3.8, 4) is 0 Å². The van der Waals surface area contributed by atoms with Gasteiger partial charge in [-0.2, -0.15) is 0 Å². The van der Waals surface area contributed by atoms with Crippen LogP contribution < -0.4 is 5.73 Å². The second-order valence-electron chi connectivity index (χ2n) is 2.34. The van der Waals surface area contributed by atoms with E-state index in [-0.39, 0.29) is 12.5 Å². The minimum absolute atomic E-state index is 0.0938. The molecule has 0 radical (unpaired) electrons. The maximum absolute atomic E-state index is 10.3. The molecule has 0 fully saturated rings. The Bertz CT molecular complexity index is 134. The molecule has 10 heavy (non-hydrogen) atoms. The Morgan fingerprint density at radius 1 is 1.70 bits per heavy atom. The van der Waals surface area contributed by atoms with Gasteiger partial charge in [0.25, 0.3) is 0 Å². The fourth-order valence-electron chi connectivity index (χ4n) is 0.559. The Balaban J connectivity index is 3.83. The standard InChI is InChI=1S/C6H12N2O2/c1-8(2)5(4-9)3-6(7)10/h4-5H,3H2,1-2H3,(H2,7,10). The predicted octanol–water partition coefficient (Wildman–Crippen LogP) is -1.01. The number of hydrogen-bond donors (Lipinski definition) is 1. The third kappa shape index (κ3) is 3.19. The van der Waals surface area contributed by atoms with E-state index in [4.69, 9.17) is 5.73 Å². The molecule has 2 N–H and O–H groups in total. The van der Waals surface area contributed by atoms with Gasteiger partial charge in [0.1, 0.15) is 6.29 Å². The third-order valence-electron chi connectivity index (χ3n) is 1.23. The van der Waals surface area contributed by atoms with Gasteiger partial charge in [-0.25, -0.2) is 0 Å². The largest absolute Gasteiger partial charge is 0.370 e. The Labute approximate surface area is 60.0 Å². The minimum Gasteiger partial charge on any atom is -0.370 e. The van der Waals surface area contributed by atoms with E-state index in [1.54, 1.807) is 19.0 Å². The second kappa shape index (κ2) is 4.00. The van der Waals surface area contributed by atoms with Crippen molar-refractivity contribution in [2.45, 2.75) is 12.5 Å². The van der Waals surface area contributed by atoms with E-state index in [1.807, 2.05) is 0 Å². The first-order chi connectivity index (χ1) is 4.57. The van der Waals surface area contributed by atoms with Crippen molar-refractivity contribution < 1.29 is 9.59 Å². The summed E-state index contributed by atoms with van der Waals surface area (Å²) < 4.78 is 0. The number of primary amides is 1. The minimum atomic E-state index is -0.453. The zero-order valence-corrected chi connectivity index (χ0v) is 6.20. The van der Waals surface area contributed by atoms with E-state index >= 15 is 0 Å². The molecule has 0 aliphatic carbocycles. The Hall–Kier alpha value is -0.900. The molecule has 0 aliphatic rings. The third-order valence-corrected chi connectivity index (χ3v) is 1.23. The van der Waals surface area contributed by atoms with Crippen molar-refractivity contribution in [1.82, 2.24) is 4.90 Å². The van der Waals surface area contributed by atoms with E-state index < -0.39 is 5.91 Å². The number of carbonyl (C=O) groups excluding carboxylic acids is 2. The molecule has 1 unspecified atom stereocenters. The number of aldehydes is 1. The highest BCUT2D eigenvalue weighted by molar-refractivity contribution is 5.78. The van der Waals surface area contributed by atoms with Gasteiger partial charge in [-0.3, -0.25) is 9.69 Å². The van der Waals surface area contributed by atoms with Crippen LogP contribution in [0.1, 0.15) is 6.42 Å². The second-order valence-corrected chi connectivity index (χ2v) is 2.34. The smallest absolute Gasteiger partial charge is 0.219 e. The molecule has 0 aromatic heterocycles. The molecule has 1 atom stereocenters. The van der Waals surface area contributed by atoms with Crippen LogP contribution in [-0.2, 0) is 9.59 Å². The topological polar surface area (TPSA) is 63.4 Å². The molecule has 4 heteroatoms. The Kier molecular flexibility index (Phi) is 3.64. The van der Waals surface area contributed by atoms with Crippen LogP contribution in [0.2, 0.25) is 0 Å². The van der Waals surface area contributed by atoms with E-state index in [0.29, 0.717) is 6.29 Å². The lowest BCUT2D eigenvalue weighted by Gasteiger charge is -2.15. The summed E-state index contributed by atoms with van der Waals surface area (Å²) >= 11 is 0. The number of likely N-dealkylation sites (N-methyl/N-ethyl adjacent to an activating group) is 1. The summed E-state index contributed by atoms with van der Waals surface area (Å²) in [6, 6.07) is -0.377. The van der Waals surface area contributed by atoms with Gasteiger partial charge in [0.2, 0.25) is 5.91 Å². The number of amides is 1. The van der Waals surface area contributed by atoms with Crippen LogP contribution in [-0.4, -0.2) is 37.2 Å². The highest BCUT2D eigenvalue weighted by Gasteiger charge is 2.11. The lowest BCUT2D eigenvalue weighted by molar-refractivity contribution is -0.122. The molecular formula is C6H12N2O2. The first kappa shape index (κ1) is 9.10. The van der Waals surface area contributed by atoms with Crippen molar-refractivity contribution in [3.63, 3.8) is 0 Å². The molecule has 4 nitrogen and oxygen atoms in total. The van der Waals surface area contributed by atoms with E-state index in [1.165, 1.54) is 0 Å². The summed E-state index contributed by atoms with van der Waals surface area (Å²) in [5, 5.41) is 0. The molecule has 58 valence electrons. The van der Waals surface area contributed by atoms with Gasteiger partial charge < -0.3 is 10.5 Å². The average Bonchev–Trinajstić information content (AvgIpc) is 1.81. The van der Waals surface area contributed by atoms with Crippen LogP contribution in [0.25, 0.3) is 0 Å². The maximum Gasteiger partial charge on any atom is 0.219 e. The van der Waals surface area contributed by atoms with Gasteiger partial charge >= 0.3 is 0 Å². The highest BCUT2D eigenvalue weighted by atomic mass is 16.1. The van der Waals surface area contributed by atoms with Crippen molar-refractivity contribution >= 4 is 12.2 Å². The molecule has 0 saturated carbocycles. The lowest BCUT2D eigenvalue weighted by atomic mass is 10.2. The van der Waals surface area contributed by atoms with Crippen LogP contribution in [0.15, 0.2) is 0 Å². The summed E-state index contributed by atoms with van der Waals surface area (Å²) in [6.45, 7) is 0. The SMILES string of the molecule is CN(C)C(C=O)CC(N)=O. The van der Waals surface area contributed by atoms with Crippen LogP contribution >= 0.6 is 0 Å². The molecule has 0 heterocycles. The summed E-state index contributed by atoms with van der Waals surface area (Å²) in [5.41, 5.74) is 4.88. The number of nitrogens with two attached hydrogens (primary N) is 1. The Morgan fingerprint density at radius 2 is 2.20 bits per heavy atom. The molecule has 0 bridgehead atoms. The number of nitrogens with zero attached hydrogens (tertiary/aromatic N) is 1. The number of rotatable bonds is 4. The van der Waals surface area contributed by atoms with Gasteiger partial charge in [-0.15, -0.1) is 0 Å². The van der Waals surface area contributed by atoms with Crippen LogP contribution in [0.4, 0.5) is 0 Å². The monoisotopic (exact) mass is 144 g/mol. The quantitative estimate of drug-likeness (QED) is 0.514. The van der Waals surface area contributed by atoms with Crippen LogP contribution in [0.3, 0.4) is 0 Å². The average molecular weight is 144 g/mol. The first-order valence-electron chi connectivity index (χ1n) is 2.98. The molecular weight excluding hydrogens is 132 g/mol. The number of carbonyl (C=O) groups is 2. The molecule has 0 spiro atoms. The summed E-state index contributed by atoms with van der Waals surface area (Å²) in [6.07, 6.45) is 0.807. The molecule has 0 aliphatic heterocycles. The first-order valence-corrected chi connectivity index (χ1v) is 2.98. The van der Waals surface area contributed by atoms with Crippen molar-refractivity contribution in [2.24, 2.45) is 5.73 Å². The maximum atomic E-state index is 10.3. The summed E-state index contributed by atoms with van der Waals surface area (Å²) in [4.78, 5) is 22.2. The fourth-order valence-corrected chi connectivity index (χ4v) is 0.559. The van der Waals surface area contributed by atoms with Gasteiger partial charge in [-0.05, 0) is 14.1 Å². The zero-order chi connectivity index (χ0) is 8.15. The van der Waals surface area contributed by atoms with Crippen molar-refractivity contribution in [2.75, 3.05) is 14.1 Å². The molecule has 1 amide bonds. The fraction of sp³-hybridized carbons (Fsp3) is 0.667. The van der Waals surface area contributed by atoms with E-state index in [0.717, 1.165) is 0 Å². The van der Waals surface area contributed by atoms with Crippen molar-refractivity contribution in [3.05, 3.63) is 0 Å². The molecule has 0 rings (SSSR count). The van der Waals surface area contributed by atoms with E-state index in [9.17, 15) is 9.59 Å². The molecule has 0 aromatic carbocycles. The lowest BCUT2D eigenvalue weighted by Crippen LogP contribution is -2.33. The highest BCUT2D eigenvalue weighted by Crippen LogP contribution is 1.93. The summed E-state index contributed by atoms with van der Waals surface area (Å²) in [5.74, 6) is -0.453. The van der Waals surface area contributed by atoms with Crippen LogP contribution in [0.5, 0.6) is 0 Å². The Morgan fingerprint density at radius 3 is 2.30 bits per heavy atom. The number of hydrogen-bond acceptors (Lipinski definition) is 3. The van der Waals surface area contributed by atoms with Gasteiger partial charge in [-0.1, -0.05) is 0 Å². The van der Waals surface area contributed by atoms with Crippen LogP contribution in [0, 0.1) is 0 Å². The van der Waals surface area contributed by atoms with Gasteiger partial charge in [0, 0.05) is 6.42 Å². The summed E-state index contributed by atoms with van der Waals surface area (Å²) in [7, 11) is 3.45.